The molecule has 23 heavy (non-hydrogen) atoms. The molecule has 2 aromatic rings. The maximum absolute atomic E-state index is 12.7. The molecule has 2 saturated heterocycles. The summed E-state index contributed by atoms with van der Waals surface area (Å²) in [6, 6.07) is 9.87. The minimum absolute atomic E-state index is 0. The van der Waals surface area contributed by atoms with E-state index in [1.165, 1.54) is 0 Å². The van der Waals surface area contributed by atoms with E-state index in [1.807, 2.05) is 35.2 Å². The highest BCUT2D eigenvalue weighted by molar-refractivity contribution is 9.10. The minimum atomic E-state index is 0. The molecule has 7 heteroatoms. The molecule has 2 atom stereocenters. The zero-order valence-corrected chi connectivity index (χ0v) is 14.9. The van der Waals surface area contributed by atoms with Crippen LogP contribution >= 0.6 is 28.3 Å². The summed E-state index contributed by atoms with van der Waals surface area (Å²) in [6.45, 7) is 3.72. The molecule has 1 aromatic carbocycles. The van der Waals surface area contributed by atoms with Crippen LogP contribution in [-0.4, -0.2) is 47.2 Å². The van der Waals surface area contributed by atoms with Crippen LogP contribution in [0, 0.1) is 11.8 Å². The van der Waals surface area contributed by atoms with Gasteiger partial charge in [0.25, 0.3) is 5.91 Å². The van der Waals surface area contributed by atoms with Crippen LogP contribution < -0.4 is 5.32 Å². The van der Waals surface area contributed by atoms with E-state index in [4.69, 9.17) is 0 Å². The smallest absolute Gasteiger partial charge is 0.273 e. The molecule has 122 valence electrons. The van der Waals surface area contributed by atoms with Crippen molar-refractivity contribution in [3.63, 3.8) is 0 Å². The van der Waals surface area contributed by atoms with Crippen molar-refractivity contribution in [2.45, 2.75) is 0 Å². The van der Waals surface area contributed by atoms with Gasteiger partial charge in [0.2, 0.25) is 0 Å². The van der Waals surface area contributed by atoms with E-state index in [9.17, 15) is 4.79 Å². The third kappa shape index (κ3) is 2.91. The van der Waals surface area contributed by atoms with Gasteiger partial charge in [-0.25, -0.2) is 0 Å². The van der Waals surface area contributed by atoms with Crippen molar-refractivity contribution >= 4 is 34.2 Å². The summed E-state index contributed by atoms with van der Waals surface area (Å²) in [5.74, 6) is 1.23. The first-order valence-electron chi connectivity index (χ1n) is 7.53. The van der Waals surface area contributed by atoms with Crippen molar-refractivity contribution in [3.05, 3.63) is 40.5 Å². The lowest BCUT2D eigenvalue weighted by Gasteiger charge is -2.16. The van der Waals surface area contributed by atoms with Crippen LogP contribution in [0.25, 0.3) is 11.3 Å². The van der Waals surface area contributed by atoms with Crippen molar-refractivity contribution in [1.82, 2.24) is 20.4 Å². The van der Waals surface area contributed by atoms with Gasteiger partial charge in [-0.1, -0.05) is 30.3 Å². The van der Waals surface area contributed by atoms with Crippen LogP contribution in [0.3, 0.4) is 0 Å². The molecule has 0 spiro atoms. The summed E-state index contributed by atoms with van der Waals surface area (Å²) in [6.07, 6.45) is 0. The molecular weight excluding hydrogens is 380 g/mol. The summed E-state index contributed by atoms with van der Waals surface area (Å²) < 4.78 is 0.749. The van der Waals surface area contributed by atoms with Gasteiger partial charge in [-0.05, 0) is 27.8 Å². The normalized spacial score (nSPS) is 22.7. The zero-order valence-electron chi connectivity index (χ0n) is 12.5. The zero-order chi connectivity index (χ0) is 15.1. The van der Waals surface area contributed by atoms with Crippen molar-refractivity contribution in [1.29, 1.82) is 0 Å². The molecule has 2 aliphatic rings. The summed E-state index contributed by atoms with van der Waals surface area (Å²) in [5, 5.41) is 10.6. The minimum Gasteiger partial charge on any atom is -0.337 e. The number of H-pyrrole nitrogens is 1. The van der Waals surface area contributed by atoms with E-state index in [2.05, 4.69) is 31.4 Å². The maximum Gasteiger partial charge on any atom is 0.273 e. The standard InChI is InChI=1S/C16H17BrN4O.ClH/c17-13-14(10-4-2-1-3-5-10)19-20-15(13)16(22)21-8-11-6-18-7-12(11)9-21;/h1-5,11-12,18H,6-9H2,(H,19,20);1H/t11-,12+;. The highest BCUT2D eigenvalue weighted by Crippen LogP contribution is 2.32. The lowest BCUT2D eigenvalue weighted by molar-refractivity contribution is 0.0775. The number of carbonyl (C=O) groups excluding carboxylic acids is 1. The molecule has 0 saturated carbocycles. The number of carbonyl (C=O) groups is 1. The lowest BCUT2D eigenvalue weighted by atomic mass is 10.0. The van der Waals surface area contributed by atoms with E-state index in [0.717, 1.165) is 41.9 Å². The Morgan fingerprint density at radius 3 is 2.48 bits per heavy atom. The number of hydrogen-bond acceptors (Lipinski definition) is 3. The topological polar surface area (TPSA) is 61.0 Å². The van der Waals surface area contributed by atoms with E-state index in [0.29, 0.717) is 17.5 Å². The number of nitrogens with one attached hydrogen (secondary N) is 2. The number of benzene rings is 1. The van der Waals surface area contributed by atoms with E-state index < -0.39 is 0 Å². The van der Waals surface area contributed by atoms with Crippen molar-refractivity contribution in [2.24, 2.45) is 11.8 Å². The second-order valence-electron chi connectivity index (χ2n) is 6.02. The Morgan fingerprint density at radius 1 is 1.17 bits per heavy atom. The molecule has 4 rings (SSSR count). The fourth-order valence-corrected chi connectivity index (χ4v) is 4.01. The van der Waals surface area contributed by atoms with E-state index in [-0.39, 0.29) is 18.3 Å². The molecule has 2 fully saturated rings. The van der Waals surface area contributed by atoms with Gasteiger partial charge in [-0.2, -0.15) is 5.10 Å². The van der Waals surface area contributed by atoms with Crippen LogP contribution in [0.4, 0.5) is 0 Å². The van der Waals surface area contributed by atoms with Gasteiger partial charge < -0.3 is 10.2 Å². The Labute approximate surface area is 149 Å². The van der Waals surface area contributed by atoms with E-state index in [1.54, 1.807) is 0 Å². The fourth-order valence-electron chi connectivity index (χ4n) is 3.44. The second-order valence-corrected chi connectivity index (χ2v) is 6.81. The number of fused-ring (bicyclic) bond motifs is 1. The highest BCUT2D eigenvalue weighted by Gasteiger charge is 2.39. The SMILES string of the molecule is Cl.O=C(c1[nH]nc(-c2ccccc2)c1Br)N1C[C@H]2CNC[C@H]2C1. The Balaban J connectivity index is 0.00000156. The van der Waals surface area contributed by atoms with Crippen molar-refractivity contribution in [3.8, 4) is 11.3 Å². The monoisotopic (exact) mass is 396 g/mol. The number of aromatic amines is 1. The van der Waals surface area contributed by atoms with Gasteiger partial charge in [0.15, 0.2) is 0 Å². The van der Waals surface area contributed by atoms with Crippen LogP contribution in [0.15, 0.2) is 34.8 Å². The molecule has 0 aliphatic carbocycles. The molecule has 0 bridgehead atoms. The number of halogens is 2. The summed E-state index contributed by atoms with van der Waals surface area (Å²) in [4.78, 5) is 14.7. The summed E-state index contributed by atoms with van der Waals surface area (Å²) >= 11 is 3.54. The lowest BCUT2D eigenvalue weighted by Crippen LogP contribution is -2.32. The molecule has 3 heterocycles. The van der Waals surface area contributed by atoms with E-state index >= 15 is 0 Å². The molecule has 2 N–H and O–H groups in total. The summed E-state index contributed by atoms with van der Waals surface area (Å²) in [7, 11) is 0. The van der Waals surface area contributed by atoms with Crippen LogP contribution in [0.2, 0.25) is 0 Å². The van der Waals surface area contributed by atoms with Gasteiger partial charge in [0, 0.05) is 31.7 Å². The van der Waals surface area contributed by atoms with Gasteiger partial charge in [0.1, 0.15) is 11.4 Å². The third-order valence-corrected chi connectivity index (χ3v) is 5.42. The first kappa shape index (κ1) is 16.5. The molecule has 2 aliphatic heterocycles. The Bertz CT molecular complexity index is 693. The second kappa shape index (κ2) is 6.63. The number of likely N-dealkylation sites (tertiary alicyclic amines) is 1. The molecule has 0 radical (unpaired) electrons. The fraction of sp³-hybridized carbons (Fsp3) is 0.375. The highest BCUT2D eigenvalue weighted by atomic mass is 79.9. The number of hydrogen-bond donors (Lipinski definition) is 2. The van der Waals surface area contributed by atoms with Gasteiger partial charge in [-0.15, -0.1) is 12.4 Å². The number of amides is 1. The number of aromatic nitrogens is 2. The first-order valence-corrected chi connectivity index (χ1v) is 8.32. The molecule has 0 unspecified atom stereocenters. The molecule has 1 aromatic heterocycles. The average molecular weight is 398 g/mol. The summed E-state index contributed by atoms with van der Waals surface area (Å²) in [5.41, 5.74) is 2.32. The predicted molar refractivity (Wildman–Crippen MR) is 94.7 cm³/mol. The Hall–Kier alpha value is -1.37. The quantitative estimate of drug-likeness (QED) is 0.819. The first-order chi connectivity index (χ1) is 10.7. The maximum atomic E-state index is 12.7. The predicted octanol–water partition coefficient (Wildman–Crippen LogP) is 2.55. The van der Waals surface area contributed by atoms with Crippen molar-refractivity contribution < 1.29 is 4.79 Å². The largest absolute Gasteiger partial charge is 0.337 e. The van der Waals surface area contributed by atoms with Crippen LogP contribution in [0.5, 0.6) is 0 Å². The average Bonchev–Trinajstić information content (AvgIpc) is 3.21. The van der Waals surface area contributed by atoms with Gasteiger partial charge >= 0.3 is 0 Å². The molecule has 1 amide bonds. The number of nitrogens with zero attached hydrogens (tertiary/aromatic N) is 2. The van der Waals surface area contributed by atoms with Gasteiger partial charge in [-0.3, -0.25) is 9.89 Å². The van der Waals surface area contributed by atoms with Crippen LogP contribution in [0.1, 0.15) is 10.5 Å². The Kier molecular flexibility index (Phi) is 4.75. The van der Waals surface area contributed by atoms with Crippen LogP contribution in [-0.2, 0) is 0 Å². The van der Waals surface area contributed by atoms with Crippen molar-refractivity contribution in [2.75, 3.05) is 26.2 Å². The number of rotatable bonds is 2. The van der Waals surface area contributed by atoms with Gasteiger partial charge in [0.05, 0.1) is 4.47 Å². The molecule has 5 nitrogen and oxygen atoms in total. The molecular formula is C16H18BrClN4O. The third-order valence-electron chi connectivity index (χ3n) is 4.64. The Morgan fingerprint density at radius 2 is 1.83 bits per heavy atom.